The lowest BCUT2D eigenvalue weighted by atomic mass is 9.71. The summed E-state index contributed by atoms with van der Waals surface area (Å²) in [6, 6.07) is 8.31. The van der Waals surface area contributed by atoms with Gasteiger partial charge in [-0.05, 0) is 49.5 Å². The Morgan fingerprint density at radius 2 is 1.89 bits per heavy atom. The van der Waals surface area contributed by atoms with Crippen LogP contribution in [0.2, 0.25) is 0 Å². The average Bonchev–Trinajstić information content (AvgIpc) is 2.39. The van der Waals surface area contributed by atoms with E-state index in [1.807, 2.05) is 12.1 Å². The summed E-state index contributed by atoms with van der Waals surface area (Å²) in [7, 11) is 0. The smallest absolute Gasteiger partial charge is 0.159 e. The molecule has 0 spiro atoms. The highest BCUT2D eigenvalue weighted by molar-refractivity contribution is 5.94. The van der Waals surface area contributed by atoms with Gasteiger partial charge in [0.15, 0.2) is 5.78 Å². The summed E-state index contributed by atoms with van der Waals surface area (Å²) in [5.74, 6) is 2.56. The fraction of sp³-hybridized carbons (Fsp3) is 0.611. The number of hydrogen-bond donors (Lipinski definition) is 0. The Morgan fingerprint density at radius 3 is 2.42 bits per heavy atom. The highest BCUT2D eigenvalue weighted by Gasteiger charge is 2.28. The Morgan fingerprint density at radius 1 is 1.21 bits per heavy atom. The summed E-state index contributed by atoms with van der Waals surface area (Å²) in [5.41, 5.74) is 2.25. The molecule has 0 N–H and O–H groups in total. The first-order valence-electron chi connectivity index (χ1n) is 7.72. The number of carbonyl (C=O) groups excluding carboxylic acids is 1. The molecule has 3 unspecified atom stereocenters. The molecule has 0 saturated heterocycles. The lowest BCUT2D eigenvalue weighted by Gasteiger charge is -2.34. The van der Waals surface area contributed by atoms with Crippen molar-refractivity contribution in [1.82, 2.24) is 0 Å². The number of carbonyl (C=O) groups is 1. The van der Waals surface area contributed by atoms with Gasteiger partial charge in [-0.15, -0.1) is 0 Å². The van der Waals surface area contributed by atoms with E-state index in [0.29, 0.717) is 5.92 Å². The summed E-state index contributed by atoms with van der Waals surface area (Å²) in [6.07, 6.45) is 6.76. The first-order valence-corrected chi connectivity index (χ1v) is 7.72. The van der Waals surface area contributed by atoms with E-state index in [0.717, 1.165) is 17.4 Å². The van der Waals surface area contributed by atoms with Crippen LogP contribution in [0.4, 0.5) is 0 Å². The van der Waals surface area contributed by atoms with E-state index in [1.54, 1.807) is 6.92 Å². The fourth-order valence-corrected chi connectivity index (χ4v) is 3.64. The van der Waals surface area contributed by atoms with E-state index < -0.39 is 0 Å². The van der Waals surface area contributed by atoms with Crippen LogP contribution < -0.4 is 0 Å². The molecule has 0 radical (unpaired) electrons. The van der Waals surface area contributed by atoms with Crippen molar-refractivity contribution in [1.29, 1.82) is 0 Å². The van der Waals surface area contributed by atoms with E-state index in [4.69, 9.17) is 0 Å². The minimum atomic E-state index is 0.159. The molecule has 1 aliphatic carbocycles. The van der Waals surface area contributed by atoms with Crippen molar-refractivity contribution in [3.63, 3.8) is 0 Å². The lowest BCUT2D eigenvalue weighted by Crippen LogP contribution is -2.21. The quantitative estimate of drug-likeness (QED) is 0.678. The second kappa shape index (κ2) is 6.36. The number of Topliss-reactive ketones (excluding diaryl/α,β-unsaturated/α-hetero) is 1. The monoisotopic (exact) mass is 258 g/mol. The molecule has 1 aromatic carbocycles. The molecule has 104 valence electrons. The summed E-state index contributed by atoms with van der Waals surface area (Å²) >= 11 is 0. The summed E-state index contributed by atoms with van der Waals surface area (Å²) in [6.45, 7) is 6.32. The van der Waals surface area contributed by atoms with Crippen LogP contribution in [0, 0.1) is 11.8 Å². The van der Waals surface area contributed by atoms with Crippen molar-refractivity contribution in [2.24, 2.45) is 11.8 Å². The fourth-order valence-electron chi connectivity index (χ4n) is 3.64. The molecule has 1 heteroatoms. The van der Waals surface area contributed by atoms with E-state index in [-0.39, 0.29) is 5.78 Å². The van der Waals surface area contributed by atoms with Gasteiger partial charge in [-0.3, -0.25) is 4.79 Å². The predicted molar refractivity (Wildman–Crippen MR) is 80.6 cm³/mol. The summed E-state index contributed by atoms with van der Waals surface area (Å²) < 4.78 is 0. The lowest BCUT2D eigenvalue weighted by molar-refractivity contribution is 0.101. The van der Waals surface area contributed by atoms with Crippen molar-refractivity contribution < 1.29 is 4.79 Å². The standard InChI is InChI=1S/C18H26O/c1-4-5-15-6-11-18(13(2)12-15)17-9-7-16(8-10-17)14(3)19/h7-10,13,15,18H,4-6,11-12H2,1-3H3. The molecule has 3 atom stereocenters. The zero-order valence-electron chi connectivity index (χ0n) is 12.5. The summed E-state index contributed by atoms with van der Waals surface area (Å²) in [5, 5.41) is 0. The molecular weight excluding hydrogens is 232 g/mol. The Balaban J connectivity index is 2.04. The maximum Gasteiger partial charge on any atom is 0.159 e. The van der Waals surface area contributed by atoms with Crippen molar-refractivity contribution in [3.05, 3.63) is 35.4 Å². The zero-order chi connectivity index (χ0) is 13.8. The largest absolute Gasteiger partial charge is 0.295 e. The molecule has 19 heavy (non-hydrogen) atoms. The van der Waals surface area contributed by atoms with Gasteiger partial charge in [-0.25, -0.2) is 0 Å². The Kier molecular flexibility index (Phi) is 4.79. The van der Waals surface area contributed by atoms with Crippen molar-refractivity contribution in [3.8, 4) is 0 Å². The molecule has 0 aliphatic heterocycles. The van der Waals surface area contributed by atoms with Crippen molar-refractivity contribution >= 4 is 5.78 Å². The van der Waals surface area contributed by atoms with Crippen LogP contribution in [0.1, 0.15) is 74.7 Å². The first kappa shape index (κ1) is 14.3. The highest BCUT2D eigenvalue weighted by Crippen LogP contribution is 2.41. The van der Waals surface area contributed by atoms with E-state index in [2.05, 4.69) is 26.0 Å². The van der Waals surface area contributed by atoms with Crippen LogP contribution in [0.5, 0.6) is 0 Å². The van der Waals surface area contributed by atoms with Crippen molar-refractivity contribution in [2.45, 2.75) is 58.8 Å². The van der Waals surface area contributed by atoms with Crippen LogP contribution in [-0.4, -0.2) is 5.78 Å². The second-order valence-electron chi connectivity index (χ2n) is 6.23. The average molecular weight is 258 g/mol. The molecule has 0 amide bonds. The van der Waals surface area contributed by atoms with Crippen LogP contribution in [0.15, 0.2) is 24.3 Å². The van der Waals surface area contributed by atoms with Crippen molar-refractivity contribution in [2.75, 3.05) is 0 Å². The van der Waals surface area contributed by atoms with E-state index in [1.165, 1.54) is 37.7 Å². The number of rotatable bonds is 4. The molecule has 0 aromatic heterocycles. The third-order valence-corrected chi connectivity index (χ3v) is 4.72. The Labute approximate surface area is 117 Å². The predicted octanol–water partition coefficient (Wildman–Crippen LogP) is 5.21. The first-order chi connectivity index (χ1) is 9.11. The highest BCUT2D eigenvalue weighted by atomic mass is 16.1. The minimum Gasteiger partial charge on any atom is -0.295 e. The topological polar surface area (TPSA) is 17.1 Å². The van der Waals surface area contributed by atoms with Gasteiger partial charge in [0.05, 0.1) is 0 Å². The van der Waals surface area contributed by atoms with Gasteiger partial charge in [0.2, 0.25) is 0 Å². The molecule has 1 fully saturated rings. The third-order valence-electron chi connectivity index (χ3n) is 4.72. The summed E-state index contributed by atoms with van der Waals surface area (Å²) in [4.78, 5) is 11.3. The molecule has 0 bridgehead atoms. The second-order valence-corrected chi connectivity index (χ2v) is 6.23. The zero-order valence-corrected chi connectivity index (χ0v) is 12.5. The molecule has 1 aliphatic rings. The Hall–Kier alpha value is -1.11. The Bertz CT molecular complexity index is 418. The minimum absolute atomic E-state index is 0.159. The maximum atomic E-state index is 11.3. The number of benzene rings is 1. The molecule has 0 heterocycles. The molecular formula is C18H26O. The molecule has 2 rings (SSSR count). The van der Waals surface area contributed by atoms with Gasteiger partial charge in [0.1, 0.15) is 0 Å². The van der Waals surface area contributed by atoms with Gasteiger partial charge < -0.3 is 0 Å². The number of ketones is 1. The van der Waals surface area contributed by atoms with E-state index in [9.17, 15) is 4.79 Å². The van der Waals surface area contributed by atoms with Gasteiger partial charge >= 0.3 is 0 Å². The van der Waals surface area contributed by atoms with Gasteiger partial charge in [-0.2, -0.15) is 0 Å². The van der Waals surface area contributed by atoms with Crippen LogP contribution in [-0.2, 0) is 0 Å². The van der Waals surface area contributed by atoms with Gasteiger partial charge in [0, 0.05) is 5.56 Å². The maximum absolute atomic E-state index is 11.3. The molecule has 1 nitrogen and oxygen atoms in total. The van der Waals surface area contributed by atoms with Crippen LogP contribution >= 0.6 is 0 Å². The normalized spacial score (nSPS) is 27.2. The molecule has 1 saturated carbocycles. The van der Waals surface area contributed by atoms with Gasteiger partial charge in [0.25, 0.3) is 0 Å². The molecule has 1 aromatic rings. The third kappa shape index (κ3) is 3.46. The van der Waals surface area contributed by atoms with Crippen LogP contribution in [0.3, 0.4) is 0 Å². The number of hydrogen-bond acceptors (Lipinski definition) is 1. The SMILES string of the molecule is CCCC1CCC(c2ccc(C(C)=O)cc2)C(C)C1. The van der Waals surface area contributed by atoms with Crippen LogP contribution in [0.25, 0.3) is 0 Å². The van der Waals surface area contributed by atoms with E-state index >= 15 is 0 Å². The van der Waals surface area contributed by atoms with Gasteiger partial charge in [-0.1, -0.05) is 51.0 Å².